The first kappa shape index (κ1) is 12.5. The van der Waals surface area contributed by atoms with Crippen LogP contribution in [0.1, 0.15) is 24.8 Å². The third-order valence-electron chi connectivity index (χ3n) is 3.63. The molecule has 1 saturated carbocycles. The fraction of sp³-hybridized carbons (Fsp3) is 0.500. The van der Waals surface area contributed by atoms with E-state index < -0.39 is 11.6 Å². The maximum absolute atomic E-state index is 13.9. The number of halogens is 2. The number of aromatic hydroxyl groups is 1. The molecule has 0 heterocycles. The zero-order valence-corrected chi connectivity index (χ0v) is 10.4. The predicted molar refractivity (Wildman–Crippen MR) is 64.2 cm³/mol. The van der Waals surface area contributed by atoms with Crippen LogP contribution in [0.2, 0.25) is 5.02 Å². The Hall–Kier alpha value is -1.00. The van der Waals surface area contributed by atoms with E-state index in [9.17, 15) is 9.50 Å². The number of hydrogen-bond acceptors (Lipinski definition) is 3. The Morgan fingerprint density at radius 2 is 2.24 bits per heavy atom. The molecule has 2 rings (SSSR count). The highest BCUT2D eigenvalue weighted by atomic mass is 35.5. The van der Waals surface area contributed by atoms with Gasteiger partial charge in [0.15, 0.2) is 11.5 Å². The van der Waals surface area contributed by atoms with E-state index in [0.717, 1.165) is 19.3 Å². The molecule has 94 valence electrons. The van der Waals surface area contributed by atoms with Crippen LogP contribution in [0.3, 0.4) is 0 Å². The topological polar surface area (TPSA) is 55.5 Å². The Bertz CT molecular complexity index is 441. The second kappa shape index (κ2) is 4.35. The van der Waals surface area contributed by atoms with Gasteiger partial charge in [-0.25, -0.2) is 0 Å². The summed E-state index contributed by atoms with van der Waals surface area (Å²) in [5.74, 6) is -1.33. The number of phenols is 1. The van der Waals surface area contributed by atoms with E-state index in [1.54, 1.807) is 6.07 Å². The van der Waals surface area contributed by atoms with Gasteiger partial charge in [0, 0.05) is 17.5 Å². The number of ether oxygens (including phenoxy) is 1. The molecule has 17 heavy (non-hydrogen) atoms. The van der Waals surface area contributed by atoms with Gasteiger partial charge in [0.2, 0.25) is 5.82 Å². The van der Waals surface area contributed by atoms with Crippen LogP contribution in [-0.4, -0.2) is 18.8 Å². The molecule has 1 aliphatic rings. The second-order valence-electron chi connectivity index (χ2n) is 4.44. The van der Waals surface area contributed by atoms with Crippen LogP contribution >= 0.6 is 11.6 Å². The maximum Gasteiger partial charge on any atom is 0.208 e. The SMILES string of the molecule is COc1c(Cl)cc(C2(CN)CCC2)c(O)c1F. The molecular formula is C12H15ClFNO2. The number of methoxy groups -OCH3 is 1. The van der Waals surface area contributed by atoms with Crippen LogP contribution in [0.25, 0.3) is 0 Å². The van der Waals surface area contributed by atoms with Gasteiger partial charge in [0.1, 0.15) is 0 Å². The Kier molecular flexibility index (Phi) is 3.19. The summed E-state index contributed by atoms with van der Waals surface area (Å²) >= 11 is 5.93. The molecule has 1 aromatic carbocycles. The van der Waals surface area contributed by atoms with Crippen LogP contribution in [-0.2, 0) is 5.41 Å². The monoisotopic (exact) mass is 259 g/mol. The molecule has 3 N–H and O–H groups in total. The second-order valence-corrected chi connectivity index (χ2v) is 4.85. The fourth-order valence-corrected chi connectivity index (χ4v) is 2.64. The summed E-state index contributed by atoms with van der Waals surface area (Å²) < 4.78 is 18.7. The highest BCUT2D eigenvalue weighted by Crippen LogP contribution is 2.49. The first-order chi connectivity index (χ1) is 8.05. The molecule has 0 atom stereocenters. The van der Waals surface area contributed by atoms with E-state index in [4.69, 9.17) is 22.1 Å². The lowest BCUT2D eigenvalue weighted by molar-refractivity contribution is 0.241. The lowest BCUT2D eigenvalue weighted by Crippen LogP contribution is -2.41. The molecule has 0 radical (unpaired) electrons. The Morgan fingerprint density at radius 1 is 1.59 bits per heavy atom. The predicted octanol–water partition coefficient (Wildman–Crippen LogP) is 2.57. The van der Waals surface area contributed by atoms with Crippen molar-refractivity contribution in [2.24, 2.45) is 5.73 Å². The lowest BCUT2D eigenvalue weighted by Gasteiger charge is -2.41. The van der Waals surface area contributed by atoms with E-state index in [0.29, 0.717) is 12.1 Å². The smallest absolute Gasteiger partial charge is 0.208 e. The summed E-state index contributed by atoms with van der Waals surface area (Å²) in [5, 5.41) is 10.1. The van der Waals surface area contributed by atoms with Crippen molar-refractivity contribution in [3.8, 4) is 11.5 Å². The van der Waals surface area contributed by atoms with Crippen molar-refractivity contribution in [3.05, 3.63) is 22.5 Å². The van der Waals surface area contributed by atoms with Gasteiger partial charge in [-0.15, -0.1) is 0 Å². The normalized spacial score (nSPS) is 17.6. The first-order valence-corrected chi connectivity index (χ1v) is 5.89. The molecule has 0 bridgehead atoms. The number of phenolic OH excluding ortho intramolecular Hbond substituents is 1. The van der Waals surface area contributed by atoms with Gasteiger partial charge in [0.05, 0.1) is 12.1 Å². The minimum atomic E-state index is -0.810. The largest absolute Gasteiger partial charge is 0.505 e. The van der Waals surface area contributed by atoms with Gasteiger partial charge < -0.3 is 15.6 Å². The van der Waals surface area contributed by atoms with Crippen molar-refractivity contribution in [1.82, 2.24) is 0 Å². The van der Waals surface area contributed by atoms with Gasteiger partial charge >= 0.3 is 0 Å². The molecule has 0 aliphatic heterocycles. The summed E-state index contributed by atoms with van der Waals surface area (Å²) in [5.41, 5.74) is 5.89. The number of benzene rings is 1. The molecular weight excluding hydrogens is 245 g/mol. The summed E-state index contributed by atoms with van der Waals surface area (Å²) in [4.78, 5) is 0. The van der Waals surface area contributed by atoms with Crippen LogP contribution in [0.4, 0.5) is 4.39 Å². The molecule has 0 unspecified atom stereocenters. The van der Waals surface area contributed by atoms with Gasteiger partial charge in [0.25, 0.3) is 0 Å². The summed E-state index contributed by atoms with van der Waals surface area (Å²) in [6, 6.07) is 1.56. The van der Waals surface area contributed by atoms with E-state index in [2.05, 4.69) is 0 Å². The molecule has 1 aliphatic carbocycles. The minimum absolute atomic E-state index is 0.126. The number of rotatable bonds is 3. The zero-order chi connectivity index (χ0) is 12.6. The van der Waals surface area contributed by atoms with Crippen LogP contribution < -0.4 is 10.5 Å². The van der Waals surface area contributed by atoms with Crippen molar-refractivity contribution in [2.45, 2.75) is 24.7 Å². The number of nitrogens with two attached hydrogens (primary N) is 1. The third kappa shape index (κ3) is 1.76. The van der Waals surface area contributed by atoms with Crippen LogP contribution in [0.15, 0.2) is 6.07 Å². The van der Waals surface area contributed by atoms with E-state index in [1.165, 1.54) is 7.11 Å². The van der Waals surface area contributed by atoms with Crippen LogP contribution in [0.5, 0.6) is 11.5 Å². The first-order valence-electron chi connectivity index (χ1n) is 5.51. The van der Waals surface area contributed by atoms with Crippen molar-refractivity contribution in [1.29, 1.82) is 0 Å². The van der Waals surface area contributed by atoms with E-state index in [-0.39, 0.29) is 16.2 Å². The summed E-state index contributed by atoms with van der Waals surface area (Å²) in [7, 11) is 1.31. The number of hydrogen-bond donors (Lipinski definition) is 2. The molecule has 0 saturated heterocycles. The van der Waals surface area contributed by atoms with Gasteiger partial charge in [-0.05, 0) is 18.9 Å². The molecule has 3 nitrogen and oxygen atoms in total. The van der Waals surface area contributed by atoms with Crippen molar-refractivity contribution < 1.29 is 14.2 Å². The molecule has 1 aromatic rings. The Balaban J connectivity index is 2.56. The molecule has 5 heteroatoms. The average molecular weight is 260 g/mol. The average Bonchev–Trinajstić information content (AvgIpc) is 2.25. The molecule has 0 amide bonds. The van der Waals surface area contributed by atoms with Crippen molar-refractivity contribution in [3.63, 3.8) is 0 Å². The summed E-state index contributed by atoms with van der Waals surface area (Å²) in [6.07, 6.45) is 2.72. The highest BCUT2D eigenvalue weighted by Gasteiger charge is 2.41. The molecule has 0 spiro atoms. The Labute approximate surface area is 104 Å². The standard InChI is InChI=1S/C12H15ClFNO2/c1-17-11-8(13)5-7(10(16)9(11)14)12(6-15)3-2-4-12/h5,16H,2-4,6,15H2,1H3. The fourth-order valence-electron chi connectivity index (χ4n) is 2.37. The molecule has 1 fully saturated rings. The van der Waals surface area contributed by atoms with Gasteiger partial charge in [-0.2, -0.15) is 4.39 Å². The van der Waals surface area contributed by atoms with E-state index in [1.807, 2.05) is 0 Å². The third-order valence-corrected chi connectivity index (χ3v) is 3.91. The van der Waals surface area contributed by atoms with E-state index >= 15 is 0 Å². The van der Waals surface area contributed by atoms with Crippen molar-refractivity contribution in [2.75, 3.05) is 13.7 Å². The zero-order valence-electron chi connectivity index (χ0n) is 9.59. The van der Waals surface area contributed by atoms with Crippen molar-refractivity contribution >= 4 is 11.6 Å². The highest BCUT2D eigenvalue weighted by molar-refractivity contribution is 6.32. The quantitative estimate of drug-likeness (QED) is 0.877. The summed E-state index contributed by atoms with van der Waals surface area (Å²) in [6.45, 7) is 0.378. The minimum Gasteiger partial charge on any atom is -0.505 e. The van der Waals surface area contributed by atoms with Crippen LogP contribution in [0, 0.1) is 5.82 Å². The lowest BCUT2D eigenvalue weighted by atomic mass is 9.64. The molecule has 0 aromatic heterocycles. The van der Waals surface area contributed by atoms with Gasteiger partial charge in [-0.3, -0.25) is 0 Å². The Morgan fingerprint density at radius 3 is 2.65 bits per heavy atom. The maximum atomic E-state index is 13.9. The van der Waals surface area contributed by atoms with Gasteiger partial charge in [-0.1, -0.05) is 18.0 Å².